The summed E-state index contributed by atoms with van der Waals surface area (Å²) < 4.78 is 0. The maximum atomic E-state index is 9.68. The molecule has 0 aromatic rings. The van der Waals surface area contributed by atoms with E-state index in [2.05, 4.69) is 24.1 Å². The quantitative estimate of drug-likeness (QED) is 0.578. The van der Waals surface area contributed by atoms with Crippen molar-refractivity contribution in [1.82, 2.24) is 10.2 Å². The van der Waals surface area contributed by atoms with E-state index < -0.39 is 0 Å². The lowest BCUT2D eigenvalue weighted by molar-refractivity contribution is 0.0606. The summed E-state index contributed by atoms with van der Waals surface area (Å²) in [6.07, 6.45) is 1.97. The molecule has 0 spiro atoms. The van der Waals surface area contributed by atoms with E-state index in [4.69, 9.17) is 0 Å². The standard InChI is InChI=1S/C11H26N2O/c1-5-13(6-2)11(10(3)14)8-7-9-12-4/h10-12,14H,5-9H2,1-4H3. The van der Waals surface area contributed by atoms with E-state index in [0.29, 0.717) is 6.04 Å². The molecule has 0 rings (SSSR count). The van der Waals surface area contributed by atoms with Gasteiger partial charge in [-0.05, 0) is 46.4 Å². The molecule has 86 valence electrons. The molecule has 2 N–H and O–H groups in total. The van der Waals surface area contributed by atoms with Crippen LogP contribution in [0.3, 0.4) is 0 Å². The number of hydrogen-bond acceptors (Lipinski definition) is 3. The fraction of sp³-hybridized carbons (Fsp3) is 1.00. The van der Waals surface area contributed by atoms with E-state index >= 15 is 0 Å². The summed E-state index contributed by atoms with van der Waals surface area (Å²) in [5.74, 6) is 0. The second-order valence-corrected chi connectivity index (χ2v) is 3.77. The first-order chi connectivity index (χ1) is 6.67. The SMILES string of the molecule is CCN(CC)C(CCCNC)C(C)O. The summed E-state index contributed by atoms with van der Waals surface area (Å²) >= 11 is 0. The van der Waals surface area contributed by atoms with E-state index in [0.717, 1.165) is 32.5 Å². The fourth-order valence-electron chi connectivity index (χ4n) is 1.91. The van der Waals surface area contributed by atoms with Crippen LogP contribution in [-0.2, 0) is 0 Å². The van der Waals surface area contributed by atoms with E-state index in [1.165, 1.54) is 0 Å². The maximum Gasteiger partial charge on any atom is 0.0667 e. The molecule has 0 radical (unpaired) electrons. The first kappa shape index (κ1) is 13.9. The molecule has 0 fully saturated rings. The molecule has 3 nitrogen and oxygen atoms in total. The molecule has 0 aliphatic rings. The van der Waals surface area contributed by atoms with Gasteiger partial charge in [0.1, 0.15) is 0 Å². The Morgan fingerprint density at radius 2 is 1.86 bits per heavy atom. The number of rotatable bonds is 8. The Balaban J connectivity index is 3.99. The van der Waals surface area contributed by atoms with E-state index in [1.54, 1.807) is 0 Å². The zero-order valence-electron chi connectivity index (χ0n) is 10.1. The monoisotopic (exact) mass is 202 g/mol. The number of hydrogen-bond donors (Lipinski definition) is 2. The van der Waals surface area contributed by atoms with E-state index in [9.17, 15) is 5.11 Å². The van der Waals surface area contributed by atoms with Gasteiger partial charge < -0.3 is 10.4 Å². The van der Waals surface area contributed by atoms with Crippen LogP contribution in [0.25, 0.3) is 0 Å². The maximum absolute atomic E-state index is 9.68. The molecular weight excluding hydrogens is 176 g/mol. The zero-order valence-corrected chi connectivity index (χ0v) is 10.1. The molecule has 0 saturated heterocycles. The van der Waals surface area contributed by atoms with Crippen LogP contribution in [0, 0.1) is 0 Å². The summed E-state index contributed by atoms with van der Waals surface area (Å²) in [6, 6.07) is 0.318. The normalized spacial score (nSPS) is 15.9. The molecule has 0 amide bonds. The Morgan fingerprint density at radius 3 is 2.21 bits per heavy atom. The highest BCUT2D eigenvalue weighted by Gasteiger charge is 2.19. The molecule has 0 aromatic heterocycles. The summed E-state index contributed by atoms with van der Waals surface area (Å²) in [5, 5.41) is 12.8. The third-order valence-electron chi connectivity index (χ3n) is 2.76. The second kappa shape index (κ2) is 8.21. The van der Waals surface area contributed by atoms with Gasteiger partial charge in [-0.15, -0.1) is 0 Å². The Kier molecular flexibility index (Phi) is 8.14. The van der Waals surface area contributed by atoms with Crippen LogP contribution >= 0.6 is 0 Å². The summed E-state index contributed by atoms with van der Waals surface area (Å²) in [6.45, 7) is 9.26. The van der Waals surface area contributed by atoms with Crippen LogP contribution in [0.2, 0.25) is 0 Å². The van der Waals surface area contributed by atoms with Crippen molar-refractivity contribution >= 4 is 0 Å². The van der Waals surface area contributed by atoms with Gasteiger partial charge in [0, 0.05) is 6.04 Å². The fourth-order valence-corrected chi connectivity index (χ4v) is 1.91. The van der Waals surface area contributed by atoms with Crippen molar-refractivity contribution in [1.29, 1.82) is 0 Å². The van der Waals surface area contributed by atoms with Crippen LogP contribution < -0.4 is 5.32 Å². The van der Waals surface area contributed by atoms with Crippen molar-refractivity contribution in [3.8, 4) is 0 Å². The van der Waals surface area contributed by atoms with Crippen LogP contribution in [0.15, 0.2) is 0 Å². The van der Waals surface area contributed by atoms with Gasteiger partial charge >= 0.3 is 0 Å². The molecule has 0 aliphatic carbocycles. The molecule has 0 bridgehead atoms. The summed E-state index contributed by atoms with van der Waals surface area (Å²) in [7, 11) is 1.97. The smallest absolute Gasteiger partial charge is 0.0667 e. The number of aliphatic hydroxyl groups is 1. The van der Waals surface area contributed by atoms with Gasteiger partial charge in [0.05, 0.1) is 6.10 Å². The van der Waals surface area contributed by atoms with E-state index in [1.807, 2.05) is 14.0 Å². The van der Waals surface area contributed by atoms with Crippen LogP contribution in [0.5, 0.6) is 0 Å². The first-order valence-corrected chi connectivity index (χ1v) is 5.74. The number of nitrogens with one attached hydrogen (secondary N) is 1. The topological polar surface area (TPSA) is 35.5 Å². The van der Waals surface area contributed by atoms with Gasteiger partial charge in [0.2, 0.25) is 0 Å². The van der Waals surface area contributed by atoms with Crippen molar-refractivity contribution in [2.45, 2.75) is 45.8 Å². The molecule has 0 heterocycles. The Bertz CT molecular complexity index is 124. The van der Waals surface area contributed by atoms with Gasteiger partial charge in [-0.2, -0.15) is 0 Å². The molecule has 2 atom stereocenters. The van der Waals surface area contributed by atoms with Crippen molar-refractivity contribution in [2.24, 2.45) is 0 Å². The van der Waals surface area contributed by atoms with Crippen LogP contribution in [0.1, 0.15) is 33.6 Å². The average molecular weight is 202 g/mol. The van der Waals surface area contributed by atoms with Crippen molar-refractivity contribution in [3.05, 3.63) is 0 Å². The molecule has 3 heteroatoms. The Morgan fingerprint density at radius 1 is 1.29 bits per heavy atom. The van der Waals surface area contributed by atoms with Gasteiger partial charge in [0.15, 0.2) is 0 Å². The summed E-state index contributed by atoms with van der Waals surface area (Å²) in [5.41, 5.74) is 0. The first-order valence-electron chi connectivity index (χ1n) is 5.74. The zero-order chi connectivity index (χ0) is 11.0. The van der Waals surface area contributed by atoms with Crippen LogP contribution in [0.4, 0.5) is 0 Å². The predicted octanol–water partition coefficient (Wildman–Crippen LogP) is 1.08. The molecule has 0 saturated carbocycles. The number of nitrogens with zero attached hydrogens (tertiary/aromatic N) is 1. The lowest BCUT2D eigenvalue weighted by atomic mass is 10.0. The Labute approximate surface area is 88.5 Å². The molecule has 0 aliphatic heterocycles. The second-order valence-electron chi connectivity index (χ2n) is 3.77. The average Bonchev–Trinajstić information content (AvgIpc) is 2.17. The molecular formula is C11H26N2O. The third kappa shape index (κ3) is 4.94. The van der Waals surface area contributed by atoms with Gasteiger partial charge in [-0.25, -0.2) is 0 Å². The molecule has 2 unspecified atom stereocenters. The van der Waals surface area contributed by atoms with E-state index in [-0.39, 0.29) is 6.10 Å². The number of aliphatic hydroxyl groups excluding tert-OH is 1. The minimum atomic E-state index is -0.230. The third-order valence-corrected chi connectivity index (χ3v) is 2.76. The van der Waals surface area contributed by atoms with Crippen LogP contribution in [-0.4, -0.2) is 48.8 Å². The highest BCUT2D eigenvalue weighted by atomic mass is 16.3. The van der Waals surface area contributed by atoms with Crippen molar-refractivity contribution < 1.29 is 5.11 Å². The lowest BCUT2D eigenvalue weighted by Gasteiger charge is -2.31. The largest absolute Gasteiger partial charge is 0.392 e. The molecule has 14 heavy (non-hydrogen) atoms. The molecule has 0 aromatic carbocycles. The minimum absolute atomic E-state index is 0.230. The minimum Gasteiger partial charge on any atom is -0.392 e. The Hall–Kier alpha value is -0.120. The highest BCUT2D eigenvalue weighted by molar-refractivity contribution is 4.75. The highest BCUT2D eigenvalue weighted by Crippen LogP contribution is 2.10. The van der Waals surface area contributed by atoms with Gasteiger partial charge in [-0.3, -0.25) is 4.90 Å². The van der Waals surface area contributed by atoms with Gasteiger partial charge in [-0.1, -0.05) is 13.8 Å². The number of likely N-dealkylation sites (N-methyl/N-ethyl adjacent to an activating group) is 1. The van der Waals surface area contributed by atoms with Gasteiger partial charge in [0.25, 0.3) is 0 Å². The summed E-state index contributed by atoms with van der Waals surface area (Å²) in [4.78, 5) is 2.33. The predicted molar refractivity (Wildman–Crippen MR) is 61.6 cm³/mol. The van der Waals surface area contributed by atoms with Crippen molar-refractivity contribution in [3.63, 3.8) is 0 Å². The lowest BCUT2D eigenvalue weighted by Crippen LogP contribution is -2.42. The van der Waals surface area contributed by atoms with Crippen molar-refractivity contribution in [2.75, 3.05) is 26.7 Å².